The summed E-state index contributed by atoms with van der Waals surface area (Å²) in [5.41, 5.74) is 5.91. The molecular weight excluding hydrogens is 322 g/mol. The number of urea groups is 1. The average molecular weight is 341 g/mol. The standard InChI is InChI=1S/C22H19N3O/c1-15-6-10-18(11-7-15)23-22(26)24-19-12-8-16(9-13-19)21-14-17-4-2-3-5-20(17)25-21/h2-14,25H,1H3,(H2,23,24,26). The fraction of sp³-hybridized carbons (Fsp3) is 0.0455. The first-order chi connectivity index (χ1) is 12.7. The number of carbonyl (C=O) groups is 1. The van der Waals surface area contributed by atoms with E-state index in [-0.39, 0.29) is 6.03 Å². The van der Waals surface area contributed by atoms with Crippen molar-refractivity contribution in [3.63, 3.8) is 0 Å². The number of nitrogens with one attached hydrogen (secondary N) is 3. The van der Waals surface area contributed by atoms with E-state index < -0.39 is 0 Å². The number of anilines is 2. The molecule has 3 aromatic carbocycles. The normalized spacial score (nSPS) is 10.7. The lowest BCUT2D eigenvalue weighted by molar-refractivity contribution is 0.262. The van der Waals surface area contributed by atoms with E-state index in [4.69, 9.17) is 0 Å². The third kappa shape index (κ3) is 3.44. The molecule has 1 heterocycles. The molecule has 0 spiro atoms. The molecule has 0 aliphatic rings. The predicted octanol–water partition coefficient (Wildman–Crippen LogP) is 5.79. The van der Waals surface area contributed by atoms with Gasteiger partial charge in [0, 0.05) is 28.0 Å². The maximum absolute atomic E-state index is 12.1. The van der Waals surface area contributed by atoms with Gasteiger partial charge in [-0.3, -0.25) is 0 Å². The number of aromatic nitrogens is 1. The van der Waals surface area contributed by atoms with Gasteiger partial charge in [-0.2, -0.15) is 0 Å². The van der Waals surface area contributed by atoms with Crippen LogP contribution < -0.4 is 10.6 Å². The predicted molar refractivity (Wildman–Crippen MR) is 108 cm³/mol. The molecule has 4 rings (SSSR count). The zero-order valence-corrected chi connectivity index (χ0v) is 14.4. The van der Waals surface area contributed by atoms with Crippen LogP contribution in [0.5, 0.6) is 0 Å². The Morgan fingerprint density at radius 2 is 1.42 bits per heavy atom. The van der Waals surface area contributed by atoms with Gasteiger partial charge in [-0.1, -0.05) is 48.0 Å². The van der Waals surface area contributed by atoms with Crippen LogP contribution in [-0.4, -0.2) is 11.0 Å². The summed E-state index contributed by atoms with van der Waals surface area (Å²) in [4.78, 5) is 15.5. The highest BCUT2D eigenvalue weighted by Crippen LogP contribution is 2.25. The first-order valence-electron chi connectivity index (χ1n) is 8.50. The van der Waals surface area contributed by atoms with E-state index in [1.165, 1.54) is 5.39 Å². The molecule has 1 aromatic heterocycles. The van der Waals surface area contributed by atoms with E-state index >= 15 is 0 Å². The Balaban J connectivity index is 1.45. The molecule has 0 radical (unpaired) electrons. The molecule has 0 aliphatic carbocycles. The molecule has 128 valence electrons. The average Bonchev–Trinajstić information content (AvgIpc) is 3.08. The smallest absolute Gasteiger partial charge is 0.323 e. The fourth-order valence-corrected chi connectivity index (χ4v) is 2.89. The van der Waals surface area contributed by atoms with Crippen LogP contribution in [0.15, 0.2) is 78.9 Å². The van der Waals surface area contributed by atoms with Gasteiger partial charge in [0.25, 0.3) is 0 Å². The number of fused-ring (bicyclic) bond motifs is 1. The number of aryl methyl sites for hydroxylation is 1. The lowest BCUT2D eigenvalue weighted by atomic mass is 10.1. The number of hydrogen-bond donors (Lipinski definition) is 3. The number of aromatic amines is 1. The van der Waals surface area contributed by atoms with Crippen molar-refractivity contribution in [3.05, 3.63) is 84.4 Å². The largest absolute Gasteiger partial charge is 0.355 e. The maximum Gasteiger partial charge on any atom is 0.323 e. The Labute approximate surface area is 151 Å². The number of rotatable bonds is 3. The lowest BCUT2D eigenvalue weighted by Gasteiger charge is -2.08. The number of amides is 2. The van der Waals surface area contributed by atoms with E-state index in [9.17, 15) is 4.79 Å². The molecule has 4 heteroatoms. The highest BCUT2D eigenvalue weighted by molar-refractivity contribution is 5.99. The van der Waals surface area contributed by atoms with Crippen molar-refractivity contribution < 1.29 is 4.79 Å². The molecule has 0 unspecified atom stereocenters. The van der Waals surface area contributed by atoms with Gasteiger partial charge in [0.05, 0.1) is 0 Å². The van der Waals surface area contributed by atoms with Crippen molar-refractivity contribution in [3.8, 4) is 11.3 Å². The molecule has 0 fully saturated rings. The van der Waals surface area contributed by atoms with Crippen molar-refractivity contribution >= 4 is 28.3 Å². The number of benzene rings is 3. The molecule has 26 heavy (non-hydrogen) atoms. The molecule has 4 nitrogen and oxygen atoms in total. The number of para-hydroxylation sites is 1. The van der Waals surface area contributed by atoms with Crippen molar-refractivity contribution in [2.45, 2.75) is 6.92 Å². The molecule has 0 saturated heterocycles. The monoisotopic (exact) mass is 341 g/mol. The highest BCUT2D eigenvalue weighted by atomic mass is 16.2. The second-order valence-electron chi connectivity index (χ2n) is 6.29. The van der Waals surface area contributed by atoms with Crippen LogP contribution in [0.4, 0.5) is 16.2 Å². The van der Waals surface area contributed by atoms with Crippen LogP contribution in [0.3, 0.4) is 0 Å². The van der Waals surface area contributed by atoms with Gasteiger partial charge in [-0.25, -0.2) is 4.79 Å². The zero-order chi connectivity index (χ0) is 17.9. The maximum atomic E-state index is 12.1. The Morgan fingerprint density at radius 3 is 2.08 bits per heavy atom. The molecule has 0 aliphatic heterocycles. The van der Waals surface area contributed by atoms with Crippen LogP contribution in [-0.2, 0) is 0 Å². The molecule has 0 atom stereocenters. The first-order valence-corrected chi connectivity index (χ1v) is 8.50. The van der Waals surface area contributed by atoms with Crippen molar-refractivity contribution in [2.75, 3.05) is 10.6 Å². The summed E-state index contributed by atoms with van der Waals surface area (Å²) >= 11 is 0. The first kappa shape index (κ1) is 16.0. The topological polar surface area (TPSA) is 56.9 Å². The zero-order valence-electron chi connectivity index (χ0n) is 14.4. The number of hydrogen-bond acceptors (Lipinski definition) is 1. The second kappa shape index (κ2) is 6.76. The Morgan fingerprint density at radius 1 is 0.808 bits per heavy atom. The van der Waals surface area contributed by atoms with E-state index in [0.717, 1.165) is 33.7 Å². The van der Waals surface area contributed by atoms with Gasteiger partial charge in [-0.15, -0.1) is 0 Å². The van der Waals surface area contributed by atoms with Crippen LogP contribution in [0, 0.1) is 6.92 Å². The molecular formula is C22H19N3O. The summed E-state index contributed by atoms with van der Waals surface area (Å²) in [5.74, 6) is 0. The van der Waals surface area contributed by atoms with Crippen LogP contribution in [0.1, 0.15) is 5.56 Å². The van der Waals surface area contributed by atoms with Gasteiger partial charge in [0.15, 0.2) is 0 Å². The molecule has 0 bridgehead atoms. The minimum atomic E-state index is -0.257. The Bertz CT molecular complexity index is 1010. The van der Waals surface area contributed by atoms with E-state index in [0.29, 0.717) is 0 Å². The molecule has 0 saturated carbocycles. The van der Waals surface area contributed by atoms with Gasteiger partial charge in [0.2, 0.25) is 0 Å². The van der Waals surface area contributed by atoms with Crippen LogP contribution >= 0.6 is 0 Å². The van der Waals surface area contributed by atoms with E-state index in [2.05, 4.69) is 33.8 Å². The van der Waals surface area contributed by atoms with Crippen LogP contribution in [0.2, 0.25) is 0 Å². The summed E-state index contributed by atoms with van der Waals surface area (Å²) in [7, 11) is 0. The summed E-state index contributed by atoms with van der Waals surface area (Å²) in [6.45, 7) is 2.01. The Hall–Kier alpha value is -3.53. The minimum Gasteiger partial charge on any atom is -0.355 e. The fourth-order valence-electron chi connectivity index (χ4n) is 2.89. The summed E-state index contributed by atoms with van der Waals surface area (Å²) in [6, 6.07) is 25.5. The quantitative estimate of drug-likeness (QED) is 0.434. The minimum absolute atomic E-state index is 0.257. The summed E-state index contributed by atoms with van der Waals surface area (Å²) in [6.07, 6.45) is 0. The van der Waals surface area contributed by atoms with Gasteiger partial charge >= 0.3 is 6.03 Å². The molecule has 3 N–H and O–H groups in total. The van der Waals surface area contributed by atoms with Gasteiger partial charge < -0.3 is 15.6 Å². The third-order valence-corrected chi connectivity index (χ3v) is 4.29. The lowest BCUT2D eigenvalue weighted by Crippen LogP contribution is -2.19. The van der Waals surface area contributed by atoms with Crippen LogP contribution in [0.25, 0.3) is 22.2 Å². The second-order valence-corrected chi connectivity index (χ2v) is 6.29. The highest BCUT2D eigenvalue weighted by Gasteiger charge is 2.05. The SMILES string of the molecule is Cc1ccc(NC(=O)Nc2ccc(-c3cc4ccccc4[nH]3)cc2)cc1. The van der Waals surface area contributed by atoms with Crippen molar-refractivity contribution in [1.82, 2.24) is 4.98 Å². The van der Waals surface area contributed by atoms with Crippen molar-refractivity contribution in [2.24, 2.45) is 0 Å². The summed E-state index contributed by atoms with van der Waals surface area (Å²) in [5, 5.41) is 6.86. The Kier molecular flexibility index (Phi) is 4.15. The third-order valence-electron chi connectivity index (χ3n) is 4.29. The number of H-pyrrole nitrogens is 1. The van der Waals surface area contributed by atoms with Gasteiger partial charge in [0.1, 0.15) is 0 Å². The van der Waals surface area contributed by atoms with E-state index in [1.807, 2.05) is 67.6 Å². The van der Waals surface area contributed by atoms with Crippen molar-refractivity contribution in [1.29, 1.82) is 0 Å². The van der Waals surface area contributed by atoms with E-state index in [1.54, 1.807) is 0 Å². The summed E-state index contributed by atoms with van der Waals surface area (Å²) < 4.78 is 0. The number of carbonyl (C=O) groups excluding carboxylic acids is 1. The molecule has 2 amide bonds. The van der Waals surface area contributed by atoms with Gasteiger partial charge in [-0.05, 0) is 48.9 Å². The molecule has 4 aromatic rings.